The Morgan fingerprint density at radius 1 is 1.33 bits per heavy atom. The van der Waals surface area contributed by atoms with Crippen LogP contribution in [0.5, 0.6) is 0 Å². The Morgan fingerprint density at radius 3 is 3.10 bits per heavy atom. The van der Waals surface area contributed by atoms with Gasteiger partial charge in [-0.2, -0.15) is 0 Å². The van der Waals surface area contributed by atoms with Crippen LogP contribution in [0.3, 0.4) is 0 Å². The van der Waals surface area contributed by atoms with E-state index in [2.05, 4.69) is 28.5 Å². The van der Waals surface area contributed by atoms with Crippen molar-refractivity contribution in [2.24, 2.45) is 5.92 Å². The minimum Gasteiger partial charge on any atom is -0.481 e. The lowest BCUT2D eigenvalue weighted by Gasteiger charge is -2.27. The maximum atomic E-state index is 11.1. The van der Waals surface area contributed by atoms with Crippen molar-refractivity contribution in [3.8, 4) is 0 Å². The molecule has 21 heavy (non-hydrogen) atoms. The Bertz CT molecular complexity index is 641. The molecule has 0 bridgehead atoms. The molecule has 0 aliphatic heterocycles. The third-order valence-electron chi connectivity index (χ3n) is 4.29. The van der Waals surface area contributed by atoms with Crippen LogP contribution >= 0.6 is 0 Å². The minimum atomic E-state index is -0.654. The van der Waals surface area contributed by atoms with Gasteiger partial charge in [0.15, 0.2) is 0 Å². The smallest absolute Gasteiger partial charge is 0.306 e. The molecule has 1 aromatic heterocycles. The molecule has 2 unspecified atom stereocenters. The van der Waals surface area contributed by atoms with E-state index < -0.39 is 5.97 Å². The van der Waals surface area contributed by atoms with Crippen LogP contribution in [0, 0.1) is 5.92 Å². The molecule has 2 atom stereocenters. The Kier molecular flexibility index (Phi) is 4.15. The van der Waals surface area contributed by atoms with E-state index in [4.69, 9.17) is 5.11 Å². The molecule has 1 aliphatic rings. The normalized spacial score (nSPS) is 22.3. The second-order valence-electron chi connectivity index (χ2n) is 5.81. The lowest BCUT2D eigenvalue weighted by atomic mass is 9.86. The van der Waals surface area contributed by atoms with Crippen LogP contribution in [-0.2, 0) is 11.3 Å². The van der Waals surface area contributed by atoms with Gasteiger partial charge in [-0.15, -0.1) is 0 Å². The van der Waals surface area contributed by atoms with Crippen molar-refractivity contribution in [2.75, 3.05) is 0 Å². The first-order chi connectivity index (χ1) is 10.2. The molecule has 3 rings (SSSR count). The number of pyridine rings is 1. The second kappa shape index (κ2) is 6.22. The number of carboxylic acids is 1. The summed E-state index contributed by atoms with van der Waals surface area (Å²) in [7, 11) is 0. The van der Waals surface area contributed by atoms with Crippen molar-refractivity contribution < 1.29 is 9.90 Å². The van der Waals surface area contributed by atoms with Gasteiger partial charge in [-0.05, 0) is 43.0 Å². The quantitative estimate of drug-likeness (QED) is 0.906. The fraction of sp³-hybridized carbons (Fsp3) is 0.412. The van der Waals surface area contributed by atoms with Crippen LogP contribution in [0.4, 0.5) is 0 Å². The number of nitrogens with one attached hydrogen (secondary N) is 1. The molecular formula is C17H20N2O2. The number of nitrogens with zero attached hydrogens (tertiary/aromatic N) is 1. The van der Waals surface area contributed by atoms with Crippen molar-refractivity contribution in [1.82, 2.24) is 10.3 Å². The van der Waals surface area contributed by atoms with Gasteiger partial charge in [0.05, 0.1) is 11.4 Å². The number of fused-ring (bicyclic) bond motifs is 1. The summed E-state index contributed by atoms with van der Waals surface area (Å²) in [5.74, 6) is -0.838. The molecule has 110 valence electrons. The fourth-order valence-corrected chi connectivity index (χ4v) is 3.10. The van der Waals surface area contributed by atoms with Gasteiger partial charge in [-0.1, -0.05) is 18.6 Å². The van der Waals surface area contributed by atoms with Gasteiger partial charge in [0, 0.05) is 24.2 Å². The Labute approximate surface area is 124 Å². The maximum Gasteiger partial charge on any atom is 0.306 e. The van der Waals surface area contributed by atoms with Crippen LogP contribution in [0.1, 0.15) is 31.2 Å². The second-order valence-corrected chi connectivity index (χ2v) is 5.81. The van der Waals surface area contributed by atoms with Crippen LogP contribution in [0.2, 0.25) is 0 Å². The number of hydrogen-bond donors (Lipinski definition) is 2. The molecule has 1 fully saturated rings. The molecule has 4 nitrogen and oxygen atoms in total. The maximum absolute atomic E-state index is 11.1. The van der Waals surface area contributed by atoms with Crippen LogP contribution in [0.15, 0.2) is 36.5 Å². The number of carboxylic acid groups (broad SMARTS) is 1. The zero-order chi connectivity index (χ0) is 14.7. The topological polar surface area (TPSA) is 62.2 Å². The zero-order valence-corrected chi connectivity index (χ0v) is 12.0. The highest BCUT2D eigenvalue weighted by Crippen LogP contribution is 2.24. The summed E-state index contributed by atoms with van der Waals surface area (Å²) in [4.78, 5) is 15.4. The van der Waals surface area contributed by atoms with Gasteiger partial charge in [0.2, 0.25) is 0 Å². The van der Waals surface area contributed by atoms with Crippen molar-refractivity contribution in [1.29, 1.82) is 0 Å². The molecule has 0 saturated heterocycles. The SMILES string of the molecule is O=C(O)C1CCCC(NCc2ccc3ncccc3c2)C1. The summed E-state index contributed by atoms with van der Waals surface area (Å²) in [6.07, 6.45) is 5.42. The van der Waals surface area contributed by atoms with Gasteiger partial charge in [-0.3, -0.25) is 9.78 Å². The third kappa shape index (κ3) is 3.39. The summed E-state index contributed by atoms with van der Waals surface area (Å²) in [5.41, 5.74) is 2.22. The van der Waals surface area contributed by atoms with Gasteiger partial charge in [0.1, 0.15) is 0 Å². The van der Waals surface area contributed by atoms with Gasteiger partial charge in [-0.25, -0.2) is 0 Å². The predicted molar refractivity (Wildman–Crippen MR) is 82.0 cm³/mol. The Morgan fingerprint density at radius 2 is 2.24 bits per heavy atom. The van der Waals surface area contributed by atoms with E-state index in [0.29, 0.717) is 6.04 Å². The largest absolute Gasteiger partial charge is 0.481 e. The van der Waals surface area contributed by atoms with Crippen molar-refractivity contribution in [3.63, 3.8) is 0 Å². The van der Waals surface area contributed by atoms with E-state index in [9.17, 15) is 4.79 Å². The average Bonchev–Trinajstić information content (AvgIpc) is 2.53. The van der Waals surface area contributed by atoms with Gasteiger partial charge >= 0.3 is 5.97 Å². The predicted octanol–water partition coefficient (Wildman–Crippen LogP) is 2.97. The fourth-order valence-electron chi connectivity index (χ4n) is 3.10. The van der Waals surface area contributed by atoms with E-state index in [-0.39, 0.29) is 5.92 Å². The molecule has 1 aliphatic carbocycles. The summed E-state index contributed by atoms with van der Waals surface area (Å²) >= 11 is 0. The highest BCUT2D eigenvalue weighted by Gasteiger charge is 2.26. The number of aromatic nitrogens is 1. The molecular weight excluding hydrogens is 264 g/mol. The molecule has 0 radical (unpaired) electrons. The Hall–Kier alpha value is -1.94. The first kappa shape index (κ1) is 14.0. The molecule has 4 heteroatoms. The minimum absolute atomic E-state index is 0.183. The molecule has 0 spiro atoms. The number of hydrogen-bond acceptors (Lipinski definition) is 3. The van der Waals surface area contributed by atoms with Gasteiger partial charge < -0.3 is 10.4 Å². The lowest BCUT2D eigenvalue weighted by molar-refractivity contribution is -0.143. The third-order valence-corrected chi connectivity index (χ3v) is 4.29. The van der Waals surface area contributed by atoms with Crippen molar-refractivity contribution in [2.45, 2.75) is 38.3 Å². The molecule has 1 heterocycles. The highest BCUT2D eigenvalue weighted by atomic mass is 16.4. The monoisotopic (exact) mass is 284 g/mol. The van der Waals surface area contributed by atoms with Crippen LogP contribution in [-0.4, -0.2) is 22.1 Å². The van der Waals surface area contributed by atoms with Crippen molar-refractivity contribution in [3.05, 3.63) is 42.1 Å². The van der Waals surface area contributed by atoms with E-state index in [1.54, 1.807) is 6.20 Å². The molecule has 0 amide bonds. The average molecular weight is 284 g/mol. The zero-order valence-electron chi connectivity index (χ0n) is 12.0. The summed E-state index contributed by atoms with van der Waals surface area (Å²) in [6, 6.07) is 10.6. The van der Waals surface area contributed by atoms with Crippen LogP contribution < -0.4 is 5.32 Å². The lowest BCUT2D eigenvalue weighted by Crippen LogP contribution is -2.36. The molecule has 1 saturated carbocycles. The van der Waals surface area contributed by atoms with Crippen LogP contribution in [0.25, 0.3) is 10.9 Å². The number of aliphatic carboxylic acids is 1. The van der Waals surface area contributed by atoms with E-state index in [1.807, 2.05) is 12.1 Å². The van der Waals surface area contributed by atoms with E-state index in [1.165, 1.54) is 5.56 Å². The summed E-state index contributed by atoms with van der Waals surface area (Å²) < 4.78 is 0. The highest BCUT2D eigenvalue weighted by molar-refractivity contribution is 5.78. The standard InChI is InChI=1S/C17H20N2O2/c20-17(21)14-3-1-5-15(10-14)19-11-12-6-7-16-13(9-12)4-2-8-18-16/h2,4,6-9,14-15,19H,1,3,5,10-11H2,(H,20,21). The van der Waals surface area contributed by atoms with E-state index >= 15 is 0 Å². The number of carbonyl (C=O) groups is 1. The first-order valence-corrected chi connectivity index (χ1v) is 7.52. The number of rotatable bonds is 4. The molecule has 2 aromatic rings. The number of benzene rings is 1. The molecule has 2 N–H and O–H groups in total. The first-order valence-electron chi connectivity index (χ1n) is 7.52. The summed E-state index contributed by atoms with van der Waals surface area (Å²) in [5, 5.41) is 13.8. The van der Waals surface area contributed by atoms with Gasteiger partial charge in [0.25, 0.3) is 0 Å². The Balaban J connectivity index is 1.62. The summed E-state index contributed by atoms with van der Waals surface area (Å²) in [6.45, 7) is 0.780. The molecule has 1 aromatic carbocycles. The van der Waals surface area contributed by atoms with Crippen molar-refractivity contribution >= 4 is 16.9 Å². The van der Waals surface area contributed by atoms with E-state index in [0.717, 1.165) is 43.1 Å².